The van der Waals surface area contributed by atoms with Gasteiger partial charge in [0.2, 0.25) is 0 Å². The highest BCUT2D eigenvalue weighted by Crippen LogP contribution is 2.17. The van der Waals surface area contributed by atoms with Crippen molar-refractivity contribution in [2.75, 3.05) is 11.9 Å². The molecule has 0 aliphatic carbocycles. The number of nitrogens with one attached hydrogen (secondary N) is 1. The predicted molar refractivity (Wildman–Crippen MR) is 73.7 cm³/mol. The molecule has 96 valence electrons. The van der Waals surface area contributed by atoms with E-state index in [1.807, 2.05) is 31.2 Å². The summed E-state index contributed by atoms with van der Waals surface area (Å²) < 4.78 is 0. The van der Waals surface area contributed by atoms with Gasteiger partial charge >= 0.3 is 0 Å². The van der Waals surface area contributed by atoms with Gasteiger partial charge in [-0.05, 0) is 31.9 Å². The molecule has 1 atom stereocenters. The molecule has 1 heterocycles. The van der Waals surface area contributed by atoms with Crippen LogP contribution in [0.15, 0.2) is 24.3 Å². The first-order chi connectivity index (χ1) is 8.74. The molecule has 0 saturated carbocycles. The van der Waals surface area contributed by atoms with E-state index >= 15 is 0 Å². The van der Waals surface area contributed by atoms with Gasteiger partial charge in [0.15, 0.2) is 0 Å². The van der Waals surface area contributed by atoms with Crippen LogP contribution in [0.1, 0.15) is 25.5 Å². The highest BCUT2D eigenvalue weighted by atomic mass is 16.3. The van der Waals surface area contributed by atoms with E-state index < -0.39 is 0 Å². The van der Waals surface area contributed by atoms with Crippen LogP contribution in [0.3, 0.4) is 0 Å². The average Bonchev–Trinajstić information content (AvgIpc) is 2.39. The number of aromatic nitrogens is 2. The molecule has 2 rings (SSSR count). The van der Waals surface area contributed by atoms with Gasteiger partial charge in [-0.3, -0.25) is 0 Å². The molecule has 2 N–H and O–H groups in total. The molecule has 0 aliphatic rings. The van der Waals surface area contributed by atoms with Crippen molar-refractivity contribution >= 4 is 16.9 Å². The Bertz CT molecular complexity index is 527. The summed E-state index contributed by atoms with van der Waals surface area (Å²) in [5.41, 5.74) is 2.70. The van der Waals surface area contributed by atoms with Gasteiger partial charge in [-0.25, -0.2) is 9.97 Å². The number of aliphatic hydroxyl groups excluding tert-OH is 1. The van der Waals surface area contributed by atoms with Gasteiger partial charge in [0.1, 0.15) is 5.82 Å². The fourth-order valence-electron chi connectivity index (χ4n) is 1.95. The number of aryl methyl sites for hydroxylation is 1. The Kier molecular flexibility index (Phi) is 4.10. The number of hydrogen-bond donors (Lipinski definition) is 2. The number of hydrogen-bond acceptors (Lipinski definition) is 4. The Morgan fingerprint density at radius 1 is 1.22 bits per heavy atom. The number of aliphatic hydroxyl groups is 1. The molecule has 4 heteroatoms. The maximum absolute atomic E-state index is 9.01. The first-order valence-electron chi connectivity index (χ1n) is 6.35. The molecule has 18 heavy (non-hydrogen) atoms. The molecule has 0 aliphatic heterocycles. The second-order valence-electron chi connectivity index (χ2n) is 4.41. The van der Waals surface area contributed by atoms with Gasteiger partial charge < -0.3 is 10.4 Å². The summed E-state index contributed by atoms with van der Waals surface area (Å²) in [5.74, 6) is 0.814. The minimum atomic E-state index is 0.186. The molecule has 0 saturated heterocycles. The zero-order valence-corrected chi connectivity index (χ0v) is 10.8. The summed E-state index contributed by atoms with van der Waals surface area (Å²) in [5, 5.41) is 12.4. The monoisotopic (exact) mass is 245 g/mol. The first kappa shape index (κ1) is 12.8. The topological polar surface area (TPSA) is 58.0 Å². The van der Waals surface area contributed by atoms with Gasteiger partial charge in [-0.1, -0.05) is 19.1 Å². The lowest BCUT2D eigenvalue weighted by atomic mass is 10.1. The van der Waals surface area contributed by atoms with E-state index in [2.05, 4.69) is 22.2 Å². The summed E-state index contributed by atoms with van der Waals surface area (Å²) >= 11 is 0. The number of benzene rings is 1. The molecule has 4 nitrogen and oxygen atoms in total. The second kappa shape index (κ2) is 5.78. The minimum Gasteiger partial charge on any atom is -0.396 e. The normalized spacial score (nSPS) is 12.6. The maximum Gasteiger partial charge on any atom is 0.148 e. The van der Waals surface area contributed by atoms with Crippen molar-refractivity contribution in [1.82, 2.24) is 9.97 Å². The first-order valence-corrected chi connectivity index (χ1v) is 6.35. The summed E-state index contributed by atoms with van der Waals surface area (Å²) in [6.07, 6.45) is 1.68. The van der Waals surface area contributed by atoms with Gasteiger partial charge in [-0.2, -0.15) is 0 Å². The molecule has 0 amide bonds. The Hall–Kier alpha value is -1.68. The number of nitrogens with zero attached hydrogens (tertiary/aromatic N) is 2. The zero-order chi connectivity index (χ0) is 13.0. The molecule has 0 fully saturated rings. The summed E-state index contributed by atoms with van der Waals surface area (Å²) in [6.45, 7) is 4.23. The summed E-state index contributed by atoms with van der Waals surface area (Å²) in [6, 6.07) is 8.08. The molecule has 0 bridgehead atoms. The summed E-state index contributed by atoms with van der Waals surface area (Å²) in [4.78, 5) is 9.13. The van der Waals surface area contributed by atoms with Crippen LogP contribution >= 0.6 is 0 Å². The fraction of sp³-hybridized carbons (Fsp3) is 0.429. The Morgan fingerprint density at radius 2 is 1.89 bits per heavy atom. The molecule has 1 unspecified atom stereocenters. The van der Waals surface area contributed by atoms with E-state index in [1.165, 1.54) is 0 Å². The third-order valence-corrected chi connectivity index (χ3v) is 3.06. The Labute approximate surface area is 107 Å². The second-order valence-corrected chi connectivity index (χ2v) is 4.41. The fourth-order valence-corrected chi connectivity index (χ4v) is 1.95. The number of para-hydroxylation sites is 2. The van der Waals surface area contributed by atoms with Crippen LogP contribution in [0.4, 0.5) is 5.82 Å². The van der Waals surface area contributed by atoms with E-state index in [9.17, 15) is 0 Å². The smallest absolute Gasteiger partial charge is 0.148 e. The van der Waals surface area contributed by atoms with E-state index in [1.54, 1.807) is 0 Å². The molecule has 0 radical (unpaired) electrons. The maximum atomic E-state index is 9.01. The van der Waals surface area contributed by atoms with E-state index in [-0.39, 0.29) is 12.6 Å². The van der Waals surface area contributed by atoms with Gasteiger partial charge in [0.25, 0.3) is 0 Å². The van der Waals surface area contributed by atoms with Crippen molar-refractivity contribution in [2.24, 2.45) is 0 Å². The SMILES string of the molecule is CCC(CCO)Nc1nc2ccccc2nc1C. The van der Waals surface area contributed by atoms with Crippen LogP contribution in [-0.4, -0.2) is 27.7 Å². The van der Waals surface area contributed by atoms with Crippen LogP contribution in [0.25, 0.3) is 11.0 Å². The molecular weight excluding hydrogens is 226 g/mol. The van der Waals surface area contributed by atoms with Crippen LogP contribution < -0.4 is 5.32 Å². The van der Waals surface area contributed by atoms with E-state index in [4.69, 9.17) is 5.11 Å². The van der Waals surface area contributed by atoms with Crippen molar-refractivity contribution < 1.29 is 5.11 Å². The predicted octanol–water partition coefficient (Wildman–Crippen LogP) is 2.51. The number of fused-ring (bicyclic) bond motifs is 1. The molecule has 1 aromatic heterocycles. The molecular formula is C14H19N3O. The minimum absolute atomic E-state index is 0.186. The lowest BCUT2D eigenvalue weighted by Gasteiger charge is -2.17. The van der Waals surface area contributed by atoms with Crippen molar-refractivity contribution in [3.8, 4) is 0 Å². The third-order valence-electron chi connectivity index (χ3n) is 3.06. The van der Waals surface area contributed by atoms with Crippen LogP contribution in [0.5, 0.6) is 0 Å². The Balaban J connectivity index is 2.29. The van der Waals surface area contributed by atoms with E-state index in [0.29, 0.717) is 0 Å². The van der Waals surface area contributed by atoms with Gasteiger partial charge in [0, 0.05) is 12.6 Å². The largest absolute Gasteiger partial charge is 0.396 e. The van der Waals surface area contributed by atoms with Crippen LogP contribution in [-0.2, 0) is 0 Å². The van der Waals surface area contributed by atoms with Crippen molar-refractivity contribution in [2.45, 2.75) is 32.7 Å². The Morgan fingerprint density at radius 3 is 2.50 bits per heavy atom. The van der Waals surface area contributed by atoms with Crippen LogP contribution in [0, 0.1) is 6.92 Å². The van der Waals surface area contributed by atoms with Crippen molar-refractivity contribution in [1.29, 1.82) is 0 Å². The van der Waals surface area contributed by atoms with Crippen molar-refractivity contribution in [3.63, 3.8) is 0 Å². The summed E-state index contributed by atoms with van der Waals surface area (Å²) in [7, 11) is 0. The third kappa shape index (κ3) is 2.76. The number of anilines is 1. The molecule has 2 aromatic rings. The average molecular weight is 245 g/mol. The van der Waals surface area contributed by atoms with E-state index in [0.717, 1.165) is 35.4 Å². The zero-order valence-electron chi connectivity index (χ0n) is 10.8. The van der Waals surface area contributed by atoms with Crippen LogP contribution in [0.2, 0.25) is 0 Å². The molecule has 1 aromatic carbocycles. The molecule has 0 spiro atoms. The standard InChI is InChI=1S/C14H19N3O/c1-3-11(8-9-18)16-14-10(2)15-12-6-4-5-7-13(12)17-14/h4-7,11,18H,3,8-9H2,1-2H3,(H,16,17). The quantitative estimate of drug-likeness (QED) is 0.849. The highest BCUT2D eigenvalue weighted by Gasteiger charge is 2.10. The van der Waals surface area contributed by atoms with Gasteiger partial charge in [-0.15, -0.1) is 0 Å². The van der Waals surface area contributed by atoms with Crippen molar-refractivity contribution in [3.05, 3.63) is 30.0 Å². The highest BCUT2D eigenvalue weighted by molar-refractivity contribution is 5.76. The number of rotatable bonds is 5. The lowest BCUT2D eigenvalue weighted by molar-refractivity contribution is 0.278. The lowest BCUT2D eigenvalue weighted by Crippen LogP contribution is -2.21. The van der Waals surface area contributed by atoms with Gasteiger partial charge in [0.05, 0.1) is 16.7 Å².